The van der Waals surface area contributed by atoms with Crippen molar-refractivity contribution in [2.75, 3.05) is 13.2 Å². The van der Waals surface area contributed by atoms with Gasteiger partial charge >= 0.3 is 0 Å². The highest BCUT2D eigenvalue weighted by Gasteiger charge is 2.17. The number of nitrogens with two attached hydrogens (primary N) is 1. The van der Waals surface area contributed by atoms with Crippen LogP contribution in [-0.4, -0.2) is 13.2 Å². The average Bonchev–Trinajstić information content (AvgIpc) is 3.00. The zero-order valence-electron chi connectivity index (χ0n) is 11.4. The smallest absolute Gasteiger partial charge is 0.161 e. The highest BCUT2D eigenvalue weighted by Crippen LogP contribution is 2.37. The van der Waals surface area contributed by atoms with E-state index < -0.39 is 0 Å². The number of fused-ring (bicyclic) bond motifs is 2. The van der Waals surface area contributed by atoms with E-state index in [-0.39, 0.29) is 6.04 Å². The molecular formula is C16H15NO2S2. The highest BCUT2D eigenvalue weighted by atomic mass is 32.1. The van der Waals surface area contributed by atoms with Gasteiger partial charge in [-0.15, -0.1) is 22.7 Å². The van der Waals surface area contributed by atoms with Gasteiger partial charge in [-0.3, -0.25) is 0 Å². The summed E-state index contributed by atoms with van der Waals surface area (Å²) in [6, 6.07) is 10.2. The fourth-order valence-corrected chi connectivity index (χ4v) is 4.62. The van der Waals surface area contributed by atoms with E-state index in [2.05, 4.69) is 17.5 Å². The van der Waals surface area contributed by atoms with Crippen molar-refractivity contribution in [2.24, 2.45) is 5.73 Å². The molecule has 0 spiro atoms. The number of thiophene rings is 2. The molecule has 3 heterocycles. The standard InChI is InChI=1S/C16H15NO2S2/c17-16(15-9-14-13(21-15)4-7-20-14)10-2-3-11-12(8-10)19-6-1-5-18-11/h2-4,7-9,16H,1,5-6,17H2. The summed E-state index contributed by atoms with van der Waals surface area (Å²) in [6.45, 7) is 1.40. The first-order valence-electron chi connectivity index (χ1n) is 6.93. The van der Waals surface area contributed by atoms with Crippen molar-refractivity contribution in [2.45, 2.75) is 12.5 Å². The van der Waals surface area contributed by atoms with Crippen molar-refractivity contribution >= 4 is 32.1 Å². The van der Waals surface area contributed by atoms with Gasteiger partial charge in [-0.2, -0.15) is 0 Å². The predicted octanol–water partition coefficient (Wildman–Crippen LogP) is 4.17. The van der Waals surface area contributed by atoms with Crippen LogP contribution >= 0.6 is 22.7 Å². The largest absolute Gasteiger partial charge is 0.490 e. The summed E-state index contributed by atoms with van der Waals surface area (Å²) in [6.07, 6.45) is 0.914. The van der Waals surface area contributed by atoms with Crippen LogP contribution in [0.15, 0.2) is 35.7 Å². The fourth-order valence-electron chi connectivity index (χ4n) is 2.48. The molecule has 0 saturated heterocycles. The van der Waals surface area contributed by atoms with Crippen molar-refractivity contribution in [3.8, 4) is 11.5 Å². The Morgan fingerprint density at radius 3 is 2.71 bits per heavy atom. The molecule has 2 N–H and O–H groups in total. The maximum absolute atomic E-state index is 6.43. The first-order valence-corrected chi connectivity index (χ1v) is 8.63. The van der Waals surface area contributed by atoms with Gasteiger partial charge in [0, 0.05) is 20.7 Å². The molecule has 2 aromatic heterocycles. The third kappa shape index (κ3) is 2.41. The van der Waals surface area contributed by atoms with E-state index in [1.807, 2.05) is 18.2 Å². The molecule has 1 aliphatic heterocycles. The van der Waals surface area contributed by atoms with Crippen molar-refractivity contribution in [3.05, 3.63) is 46.2 Å². The van der Waals surface area contributed by atoms with E-state index in [1.54, 1.807) is 22.7 Å². The first-order chi connectivity index (χ1) is 10.3. The van der Waals surface area contributed by atoms with Gasteiger partial charge < -0.3 is 15.2 Å². The Kier molecular flexibility index (Phi) is 3.33. The van der Waals surface area contributed by atoms with Crippen LogP contribution in [0.2, 0.25) is 0 Å². The lowest BCUT2D eigenvalue weighted by Gasteiger charge is -2.13. The number of hydrogen-bond acceptors (Lipinski definition) is 5. The summed E-state index contributed by atoms with van der Waals surface area (Å²) in [4.78, 5) is 1.19. The molecule has 1 unspecified atom stereocenters. The van der Waals surface area contributed by atoms with Crippen LogP contribution in [0, 0.1) is 0 Å². The Morgan fingerprint density at radius 1 is 1.00 bits per heavy atom. The van der Waals surface area contributed by atoms with E-state index >= 15 is 0 Å². The highest BCUT2D eigenvalue weighted by molar-refractivity contribution is 7.27. The summed E-state index contributed by atoms with van der Waals surface area (Å²) in [7, 11) is 0. The Morgan fingerprint density at radius 2 is 1.86 bits per heavy atom. The molecule has 1 aromatic carbocycles. The van der Waals surface area contributed by atoms with Crippen LogP contribution in [0.25, 0.3) is 9.40 Å². The van der Waals surface area contributed by atoms with Crippen molar-refractivity contribution in [1.82, 2.24) is 0 Å². The lowest BCUT2D eigenvalue weighted by Crippen LogP contribution is -2.10. The van der Waals surface area contributed by atoms with E-state index in [4.69, 9.17) is 15.2 Å². The van der Waals surface area contributed by atoms with Crippen LogP contribution in [0.5, 0.6) is 11.5 Å². The van der Waals surface area contributed by atoms with Crippen molar-refractivity contribution < 1.29 is 9.47 Å². The third-order valence-electron chi connectivity index (χ3n) is 3.60. The molecule has 1 atom stereocenters. The van der Waals surface area contributed by atoms with Gasteiger partial charge in [0.25, 0.3) is 0 Å². The second-order valence-corrected chi connectivity index (χ2v) is 7.10. The lowest BCUT2D eigenvalue weighted by atomic mass is 10.1. The summed E-state index contributed by atoms with van der Waals surface area (Å²) in [5, 5.41) is 2.12. The molecule has 0 bridgehead atoms. The molecule has 3 nitrogen and oxygen atoms in total. The maximum Gasteiger partial charge on any atom is 0.161 e. The fraction of sp³-hybridized carbons (Fsp3) is 0.250. The van der Waals surface area contributed by atoms with Crippen LogP contribution < -0.4 is 15.2 Å². The van der Waals surface area contributed by atoms with Crippen LogP contribution in [0.3, 0.4) is 0 Å². The SMILES string of the molecule is NC(c1ccc2c(c1)OCCCO2)c1cc2sccc2s1. The molecular weight excluding hydrogens is 302 g/mol. The molecule has 1 aliphatic rings. The van der Waals surface area contributed by atoms with Crippen molar-refractivity contribution in [1.29, 1.82) is 0 Å². The van der Waals surface area contributed by atoms with Gasteiger partial charge in [0.1, 0.15) is 0 Å². The molecule has 21 heavy (non-hydrogen) atoms. The normalized spacial score (nSPS) is 15.9. The van der Waals surface area contributed by atoms with Gasteiger partial charge in [0.15, 0.2) is 11.5 Å². The minimum atomic E-state index is -0.119. The average molecular weight is 317 g/mol. The minimum absolute atomic E-state index is 0.119. The van der Waals surface area contributed by atoms with E-state index in [9.17, 15) is 0 Å². The van der Waals surface area contributed by atoms with Gasteiger partial charge in [-0.25, -0.2) is 0 Å². The number of ether oxygens (including phenoxy) is 2. The zero-order chi connectivity index (χ0) is 14.2. The molecule has 108 valence electrons. The first kappa shape index (κ1) is 13.1. The predicted molar refractivity (Wildman–Crippen MR) is 87.8 cm³/mol. The van der Waals surface area contributed by atoms with E-state index in [0.717, 1.165) is 23.5 Å². The van der Waals surface area contributed by atoms with Crippen LogP contribution in [0.1, 0.15) is 22.9 Å². The molecule has 0 aliphatic carbocycles. The third-order valence-corrected chi connectivity index (χ3v) is 5.77. The van der Waals surface area contributed by atoms with Gasteiger partial charge in [-0.05, 0) is 35.2 Å². The Hall–Kier alpha value is -1.56. The van der Waals surface area contributed by atoms with E-state index in [0.29, 0.717) is 13.2 Å². The van der Waals surface area contributed by atoms with E-state index in [1.165, 1.54) is 14.3 Å². The Balaban J connectivity index is 1.68. The monoisotopic (exact) mass is 317 g/mol. The van der Waals surface area contributed by atoms with Gasteiger partial charge in [0.05, 0.1) is 19.3 Å². The molecule has 0 amide bonds. The molecule has 5 heteroatoms. The lowest BCUT2D eigenvalue weighted by molar-refractivity contribution is 0.297. The molecule has 0 radical (unpaired) electrons. The maximum atomic E-state index is 6.43. The number of rotatable bonds is 2. The Labute approximate surface area is 130 Å². The zero-order valence-corrected chi connectivity index (χ0v) is 13.0. The summed E-state index contributed by atoms with van der Waals surface area (Å²) < 4.78 is 14.0. The van der Waals surface area contributed by atoms with Crippen LogP contribution in [0.4, 0.5) is 0 Å². The molecule has 0 saturated carbocycles. The molecule has 3 aromatic rings. The summed E-state index contributed by atoms with van der Waals surface area (Å²) in [5.74, 6) is 1.62. The Bertz CT molecular complexity index is 749. The van der Waals surface area contributed by atoms with Crippen LogP contribution in [-0.2, 0) is 0 Å². The quantitative estimate of drug-likeness (QED) is 0.771. The second kappa shape index (κ2) is 5.33. The molecule has 0 fully saturated rings. The second-order valence-electron chi connectivity index (χ2n) is 5.03. The molecule has 4 rings (SSSR count). The topological polar surface area (TPSA) is 44.5 Å². The van der Waals surface area contributed by atoms with Crippen molar-refractivity contribution in [3.63, 3.8) is 0 Å². The number of benzene rings is 1. The minimum Gasteiger partial charge on any atom is -0.490 e. The van der Waals surface area contributed by atoms with Gasteiger partial charge in [-0.1, -0.05) is 6.07 Å². The summed E-state index contributed by atoms with van der Waals surface area (Å²) in [5.41, 5.74) is 7.49. The number of hydrogen-bond donors (Lipinski definition) is 1. The summed E-state index contributed by atoms with van der Waals surface area (Å²) >= 11 is 3.52. The van der Waals surface area contributed by atoms with Gasteiger partial charge in [0.2, 0.25) is 0 Å².